The number of rotatable bonds is 11. The molecule has 12 heterocycles. The van der Waals surface area contributed by atoms with Crippen LogP contribution < -0.4 is 30.7 Å². The number of anilines is 6. The molecule has 8 aliphatic rings. The van der Waals surface area contributed by atoms with Crippen molar-refractivity contribution < 1.29 is 33.8 Å². The second-order valence-electron chi connectivity index (χ2n) is 29.3. The average molecular weight is 1430 g/mol. The molecule has 0 radical (unpaired) electrons. The van der Waals surface area contributed by atoms with Gasteiger partial charge in [0.15, 0.2) is 0 Å². The third-order valence-electron chi connectivity index (χ3n) is 22.1. The van der Waals surface area contributed by atoms with E-state index in [2.05, 4.69) is 54.3 Å². The lowest BCUT2D eigenvalue weighted by atomic mass is 9.73. The third-order valence-corrected chi connectivity index (χ3v) is 24.6. The highest BCUT2D eigenvalue weighted by molar-refractivity contribution is 7.19. The van der Waals surface area contributed by atoms with Crippen molar-refractivity contribution in [2.24, 2.45) is 10.8 Å². The van der Waals surface area contributed by atoms with Gasteiger partial charge in [-0.25, -0.2) is 24.7 Å². The van der Waals surface area contributed by atoms with E-state index in [1.54, 1.807) is 46.9 Å². The van der Waals surface area contributed by atoms with E-state index in [9.17, 15) is 24.3 Å². The van der Waals surface area contributed by atoms with Gasteiger partial charge < -0.3 is 55.2 Å². The van der Waals surface area contributed by atoms with Crippen LogP contribution in [0.3, 0.4) is 0 Å². The first-order valence-corrected chi connectivity index (χ1v) is 38.1. The number of hydrogen-bond donors (Lipinski definition) is 5. The maximum Gasteiger partial charge on any atom is 0.339 e. The number of carboxylic acid groups (broad SMARTS) is 1. The minimum atomic E-state index is -0.868. The van der Waals surface area contributed by atoms with Crippen LogP contribution in [0.2, 0.25) is 0 Å². The molecule has 6 aromatic heterocycles. The molecule has 105 heavy (non-hydrogen) atoms. The van der Waals surface area contributed by atoms with Crippen molar-refractivity contribution in [3.8, 4) is 42.3 Å². The minimum absolute atomic E-state index is 0.00916. The van der Waals surface area contributed by atoms with Gasteiger partial charge in [-0.3, -0.25) is 14.4 Å². The van der Waals surface area contributed by atoms with Gasteiger partial charge in [0.05, 0.1) is 48.8 Å². The maximum atomic E-state index is 14.1. The van der Waals surface area contributed by atoms with Gasteiger partial charge in [0.2, 0.25) is 0 Å². The number of carbonyl (C=O) groups excluding carboxylic acids is 3. The standard InChI is InChI=1S/C42H38N6O3S.C26H20N4OS.C16H20N2O3/c49-40(32-21-29(26-9-10-26)23-43-39(32)47-24-42(25-47)16-19-51-20-17-42)44-30-13-11-27(12-14-30)41(50)48-18-15-28-22-36(38-45-33-6-2-3-7-34(33)46-38)52-37(28)31-5-1-4-8-35(31)48;27-18-11-9-16(10-12-18)26(31)30-14-13-17-15-23(25-28-20-6-2-3-7-21(20)29-25)32-24(17)19-5-1-4-8-22(19)30;19-15(20)13-7-12(11-1-2-11)8-17-14(13)18-9-16(10-18)3-5-21-6-4-16/h1-8,11-14,21-23,26H,9-10,15-20,24-25H2,(H,44,49)(H,45,46);1-12,15H,13-14,27H2,(H,28,29);7-8,11H,1-6,9-10H2,(H,19,20). The summed E-state index contributed by atoms with van der Waals surface area (Å²) in [5.74, 6) is 3.05. The number of benzene rings is 6. The zero-order chi connectivity index (χ0) is 70.9. The van der Waals surface area contributed by atoms with Gasteiger partial charge in [-0.1, -0.05) is 60.7 Å². The summed E-state index contributed by atoms with van der Waals surface area (Å²) < 4.78 is 11.0. The molecule has 2 spiro atoms. The van der Waals surface area contributed by atoms with Gasteiger partial charge in [-0.15, -0.1) is 22.7 Å². The van der Waals surface area contributed by atoms with Gasteiger partial charge in [0, 0.05) is 132 Å². The molecule has 4 saturated heterocycles. The highest BCUT2D eigenvalue weighted by Crippen LogP contribution is 2.50. The quantitative estimate of drug-likeness (QED) is 0.0757. The first kappa shape index (κ1) is 66.1. The Bertz CT molecular complexity index is 5270. The van der Waals surface area contributed by atoms with Crippen LogP contribution in [-0.4, -0.2) is 124 Å². The number of imidazole rings is 2. The van der Waals surface area contributed by atoms with Gasteiger partial charge in [-0.2, -0.15) is 0 Å². The van der Waals surface area contributed by atoms with Crippen molar-refractivity contribution >= 4 is 103 Å². The van der Waals surface area contributed by atoms with Crippen LogP contribution >= 0.6 is 22.7 Å². The number of carbonyl (C=O) groups is 4. The monoisotopic (exact) mass is 1430 g/mol. The number of carboxylic acids is 1. The molecule has 3 amide bonds. The lowest BCUT2D eigenvalue weighted by Crippen LogP contribution is -2.59. The highest BCUT2D eigenvalue weighted by atomic mass is 32.1. The molecule has 19 nitrogen and oxygen atoms in total. The molecule has 0 unspecified atom stereocenters. The lowest BCUT2D eigenvalue weighted by Gasteiger charge is -2.53. The Morgan fingerprint density at radius 1 is 0.524 bits per heavy atom. The molecule has 6 fully saturated rings. The zero-order valence-corrected chi connectivity index (χ0v) is 59.6. The first-order valence-electron chi connectivity index (χ1n) is 36.5. The fourth-order valence-corrected chi connectivity index (χ4v) is 18.3. The van der Waals surface area contributed by atoms with Crippen molar-refractivity contribution in [2.75, 3.05) is 96.3 Å². The summed E-state index contributed by atoms with van der Waals surface area (Å²) in [7, 11) is 0. The van der Waals surface area contributed by atoms with E-state index in [4.69, 9.17) is 30.2 Å². The number of thiophene rings is 2. The summed E-state index contributed by atoms with van der Waals surface area (Å²) in [5.41, 5.74) is 22.5. The molecule has 2 aliphatic carbocycles. The summed E-state index contributed by atoms with van der Waals surface area (Å²) in [6.07, 6.45) is 14.2. The van der Waals surface area contributed by atoms with Gasteiger partial charge >= 0.3 is 5.97 Å². The molecular weight excluding hydrogens is 1350 g/mol. The van der Waals surface area contributed by atoms with E-state index in [0.29, 0.717) is 69.8 Å². The Labute approximate surface area is 615 Å². The smallest absolute Gasteiger partial charge is 0.339 e. The number of nitrogens with two attached hydrogens (primary N) is 1. The van der Waals surface area contributed by atoms with Gasteiger partial charge in [0.25, 0.3) is 17.7 Å². The predicted molar refractivity (Wildman–Crippen MR) is 414 cm³/mol. The first-order chi connectivity index (χ1) is 51.3. The number of nitrogen functional groups attached to an aromatic ring is 1. The third kappa shape index (κ3) is 13.1. The van der Waals surface area contributed by atoms with Crippen LogP contribution in [0, 0.1) is 10.8 Å². The van der Waals surface area contributed by atoms with E-state index in [1.165, 1.54) is 20.9 Å². The molecule has 21 heteroatoms. The Balaban J connectivity index is 0.000000125. The fraction of sp³-hybridized carbons (Fsp3) is 0.286. The summed E-state index contributed by atoms with van der Waals surface area (Å²) in [6.45, 7) is 8.05. The van der Waals surface area contributed by atoms with Crippen LogP contribution in [-0.2, 0) is 22.3 Å². The normalized spacial score (nSPS) is 17.5. The van der Waals surface area contributed by atoms with Crippen LogP contribution in [0.5, 0.6) is 0 Å². The molecule has 6 aliphatic heterocycles. The van der Waals surface area contributed by atoms with Crippen LogP contribution in [0.25, 0.3) is 64.4 Å². The minimum Gasteiger partial charge on any atom is -0.478 e. The van der Waals surface area contributed by atoms with Gasteiger partial charge in [0.1, 0.15) is 28.8 Å². The summed E-state index contributed by atoms with van der Waals surface area (Å²) in [6, 6.07) is 55.1. The molecule has 20 rings (SSSR count). The summed E-state index contributed by atoms with van der Waals surface area (Å²) >= 11 is 3.43. The lowest BCUT2D eigenvalue weighted by molar-refractivity contribution is -0.000678. The Morgan fingerprint density at radius 2 is 0.952 bits per heavy atom. The molecule has 2 saturated carbocycles. The van der Waals surface area contributed by atoms with Crippen molar-refractivity contribution in [1.82, 2.24) is 29.9 Å². The largest absolute Gasteiger partial charge is 0.478 e. The van der Waals surface area contributed by atoms with Crippen LogP contribution in [0.15, 0.2) is 182 Å². The molecule has 12 aromatic rings. The number of aromatic nitrogens is 6. The van der Waals surface area contributed by atoms with E-state index in [0.717, 1.165) is 200 Å². The van der Waals surface area contributed by atoms with Crippen molar-refractivity contribution in [3.63, 3.8) is 0 Å². The van der Waals surface area contributed by atoms with E-state index < -0.39 is 5.97 Å². The molecule has 528 valence electrons. The van der Waals surface area contributed by atoms with Crippen molar-refractivity contribution in [3.05, 3.63) is 227 Å². The van der Waals surface area contributed by atoms with Crippen LogP contribution in [0.4, 0.5) is 34.4 Å². The second kappa shape index (κ2) is 27.3. The zero-order valence-electron chi connectivity index (χ0n) is 58.0. The Morgan fingerprint density at radius 3 is 1.41 bits per heavy atom. The second-order valence-corrected chi connectivity index (χ2v) is 31.4. The summed E-state index contributed by atoms with van der Waals surface area (Å²) in [4.78, 5) is 91.4. The van der Waals surface area contributed by atoms with Crippen molar-refractivity contribution in [1.29, 1.82) is 0 Å². The number of aromatic amines is 2. The van der Waals surface area contributed by atoms with Gasteiger partial charge in [-0.05, 0) is 207 Å². The number of aromatic carboxylic acids is 1. The Hall–Kier alpha value is -10.8. The number of ether oxygens (including phenoxy) is 2. The number of nitrogens with one attached hydrogen (secondary N) is 3. The van der Waals surface area contributed by atoms with Crippen molar-refractivity contribution in [2.45, 2.75) is 76.0 Å². The number of H-pyrrole nitrogens is 2. The molecule has 6 aromatic carbocycles. The van der Waals surface area contributed by atoms with E-state index >= 15 is 0 Å². The maximum absolute atomic E-state index is 14.1. The topological polar surface area (TPSA) is 241 Å². The molecule has 0 bridgehead atoms. The van der Waals surface area contributed by atoms with E-state index in [-0.39, 0.29) is 23.1 Å². The predicted octanol–water partition coefficient (Wildman–Crippen LogP) is 16.3. The fourth-order valence-electron chi connectivity index (χ4n) is 15.9. The number of fused-ring (bicyclic) bond motifs is 8. The number of para-hydroxylation sites is 6. The Kier molecular flexibility index (Phi) is 17.2. The van der Waals surface area contributed by atoms with E-state index in [1.807, 2.05) is 144 Å². The highest BCUT2D eigenvalue weighted by Gasteiger charge is 2.47. The number of pyridine rings is 2. The number of hydrogen-bond acceptors (Lipinski definition) is 15. The molecule has 0 atom stereocenters. The SMILES string of the molecule is Nc1ccc(C(=O)N2CCc3cc(-c4nc5ccccc5[nH]4)sc3-c3ccccc32)cc1.O=C(Nc1ccc(C(=O)N2CCc3cc(-c4nc5ccccc5[nH]4)sc3-c3ccccc32)cc1)c1cc(C2CC2)cnc1N1CC2(CCOCC2)C1.O=C(O)c1cc(C2CC2)cnc1N1CC2(CCOCC2)C1. The summed E-state index contributed by atoms with van der Waals surface area (Å²) in [5, 5.41) is 12.6. The molecule has 6 N–H and O–H groups in total. The number of nitrogens with zero attached hydrogens (tertiary/aromatic N) is 8. The average Bonchev–Trinajstić information content (AvgIpc) is 1.65. The molecular formula is C84H78N12O7S2. The van der Waals surface area contributed by atoms with Crippen LogP contribution in [0.1, 0.15) is 127 Å². The number of amides is 3.